The number of aliphatic imine (C=N–C) groups is 1. The molecule has 0 unspecified atom stereocenters. The van der Waals surface area contributed by atoms with Crippen molar-refractivity contribution in [2.75, 3.05) is 25.0 Å². The number of nitrogens with zero attached hydrogens (tertiary/aromatic N) is 3. The van der Waals surface area contributed by atoms with Gasteiger partial charge in [0.2, 0.25) is 5.88 Å². The van der Waals surface area contributed by atoms with Gasteiger partial charge >= 0.3 is 0 Å². The van der Waals surface area contributed by atoms with Gasteiger partial charge in [0.1, 0.15) is 6.10 Å². The van der Waals surface area contributed by atoms with E-state index in [9.17, 15) is 0 Å². The highest BCUT2D eigenvalue weighted by Gasteiger charge is 2.21. The van der Waals surface area contributed by atoms with Gasteiger partial charge < -0.3 is 20.3 Å². The third-order valence-corrected chi connectivity index (χ3v) is 6.66. The lowest BCUT2D eigenvalue weighted by atomic mass is 10.1. The molecular weight excluding hydrogens is 509 g/mol. The first-order chi connectivity index (χ1) is 14.3. The molecule has 2 aromatic heterocycles. The van der Waals surface area contributed by atoms with Gasteiger partial charge in [-0.1, -0.05) is 0 Å². The van der Waals surface area contributed by atoms with Crippen molar-refractivity contribution < 1.29 is 4.74 Å². The fourth-order valence-corrected chi connectivity index (χ4v) is 4.85. The summed E-state index contributed by atoms with van der Waals surface area (Å²) in [5.41, 5.74) is 1.16. The third kappa shape index (κ3) is 6.47. The summed E-state index contributed by atoms with van der Waals surface area (Å²) in [7, 11) is 1.83. The number of hydrogen-bond acceptors (Lipinski definition) is 5. The van der Waals surface area contributed by atoms with Crippen molar-refractivity contribution in [3.63, 3.8) is 0 Å². The number of rotatable bonds is 6. The predicted molar refractivity (Wildman–Crippen MR) is 135 cm³/mol. The summed E-state index contributed by atoms with van der Waals surface area (Å²) in [6, 6.07) is 8.85. The molecule has 2 fully saturated rings. The van der Waals surface area contributed by atoms with E-state index >= 15 is 0 Å². The van der Waals surface area contributed by atoms with E-state index in [0.717, 1.165) is 56.2 Å². The van der Waals surface area contributed by atoms with Crippen molar-refractivity contribution in [3.8, 4) is 5.88 Å². The topological polar surface area (TPSA) is 61.8 Å². The standard InChI is InChI=1S/C22H31N5OS.HI/c1-23-22(26-18-9-12-27(13-10-18)21-7-4-14-29-21)25-16-17-8-11-24-20(15-17)28-19-5-2-3-6-19;/h4,7-8,11,14-15,18-19H,2-3,5-6,9-10,12-13,16H2,1H3,(H2,23,25,26);1H. The molecule has 0 spiro atoms. The van der Waals surface area contributed by atoms with Crippen molar-refractivity contribution in [3.05, 3.63) is 41.4 Å². The van der Waals surface area contributed by atoms with Crippen LogP contribution >= 0.6 is 35.3 Å². The smallest absolute Gasteiger partial charge is 0.213 e. The Morgan fingerprint density at radius 2 is 2.03 bits per heavy atom. The number of halogens is 1. The summed E-state index contributed by atoms with van der Waals surface area (Å²) in [5.74, 6) is 1.59. The maximum Gasteiger partial charge on any atom is 0.213 e. The van der Waals surface area contributed by atoms with Crippen molar-refractivity contribution in [1.29, 1.82) is 0 Å². The Bertz CT molecular complexity index is 787. The van der Waals surface area contributed by atoms with Crippen LogP contribution in [-0.4, -0.2) is 43.2 Å². The zero-order valence-electron chi connectivity index (χ0n) is 17.5. The average Bonchev–Trinajstić information content (AvgIpc) is 3.46. The van der Waals surface area contributed by atoms with Crippen LogP contribution in [0.1, 0.15) is 44.1 Å². The predicted octanol–water partition coefficient (Wildman–Crippen LogP) is 4.42. The minimum atomic E-state index is 0. The molecule has 1 saturated heterocycles. The van der Waals surface area contributed by atoms with Crippen molar-refractivity contribution >= 4 is 46.3 Å². The van der Waals surface area contributed by atoms with Crippen LogP contribution in [0.25, 0.3) is 0 Å². The fourth-order valence-electron chi connectivity index (χ4n) is 4.07. The Balaban J connectivity index is 0.00000256. The highest BCUT2D eigenvalue weighted by atomic mass is 127. The first-order valence-electron chi connectivity index (χ1n) is 10.7. The molecule has 0 aromatic carbocycles. The first-order valence-corrected chi connectivity index (χ1v) is 11.6. The third-order valence-electron chi connectivity index (χ3n) is 5.73. The first kappa shape index (κ1) is 23.1. The lowest BCUT2D eigenvalue weighted by molar-refractivity contribution is 0.201. The van der Waals surface area contributed by atoms with Gasteiger partial charge in [-0.25, -0.2) is 4.98 Å². The van der Waals surface area contributed by atoms with Gasteiger partial charge in [-0.2, -0.15) is 0 Å². The largest absolute Gasteiger partial charge is 0.474 e. The quantitative estimate of drug-likeness (QED) is 0.322. The van der Waals surface area contributed by atoms with E-state index in [1.165, 1.54) is 17.8 Å². The second kappa shape index (κ2) is 11.7. The average molecular weight is 542 g/mol. The Hall–Kier alpha value is -1.55. The van der Waals surface area contributed by atoms with Crippen LogP contribution in [-0.2, 0) is 6.54 Å². The maximum absolute atomic E-state index is 6.02. The summed E-state index contributed by atoms with van der Waals surface area (Å²) in [5, 5.41) is 10.5. The van der Waals surface area contributed by atoms with Crippen LogP contribution in [0.15, 0.2) is 40.8 Å². The fraction of sp³-hybridized carbons (Fsp3) is 0.545. The minimum absolute atomic E-state index is 0. The molecule has 0 amide bonds. The van der Waals surface area contributed by atoms with E-state index in [4.69, 9.17) is 4.74 Å². The molecule has 1 saturated carbocycles. The number of piperidine rings is 1. The number of aromatic nitrogens is 1. The van der Waals surface area contributed by atoms with E-state index in [1.807, 2.05) is 36.7 Å². The zero-order chi connectivity index (χ0) is 19.9. The van der Waals surface area contributed by atoms with Crippen LogP contribution in [0.4, 0.5) is 5.00 Å². The van der Waals surface area contributed by atoms with Crippen LogP contribution < -0.4 is 20.3 Å². The number of anilines is 1. The second-order valence-corrected chi connectivity index (χ2v) is 8.74. The Labute approximate surface area is 200 Å². The second-order valence-electron chi connectivity index (χ2n) is 7.81. The molecule has 0 bridgehead atoms. The molecule has 4 rings (SSSR count). The monoisotopic (exact) mass is 541 g/mol. The summed E-state index contributed by atoms with van der Waals surface area (Å²) in [6.45, 7) is 2.88. The Morgan fingerprint density at radius 1 is 1.23 bits per heavy atom. The summed E-state index contributed by atoms with van der Waals surface area (Å²) in [6.07, 6.45) is 9.22. The highest BCUT2D eigenvalue weighted by Crippen LogP contribution is 2.25. The number of nitrogens with one attached hydrogen (secondary N) is 2. The molecule has 1 aliphatic heterocycles. The van der Waals surface area contributed by atoms with Gasteiger partial charge in [-0.05, 0) is 67.7 Å². The van der Waals surface area contributed by atoms with Crippen LogP contribution in [0.3, 0.4) is 0 Å². The van der Waals surface area contributed by atoms with E-state index in [1.54, 1.807) is 0 Å². The van der Waals surface area contributed by atoms with Gasteiger partial charge in [0.25, 0.3) is 0 Å². The van der Waals surface area contributed by atoms with Crippen LogP contribution in [0, 0.1) is 0 Å². The lowest BCUT2D eigenvalue weighted by Gasteiger charge is -2.33. The minimum Gasteiger partial charge on any atom is -0.474 e. The molecule has 1 aliphatic carbocycles. The maximum atomic E-state index is 6.02. The molecule has 3 heterocycles. The van der Waals surface area contributed by atoms with Gasteiger partial charge in [0.05, 0.1) is 5.00 Å². The molecule has 6 nitrogen and oxygen atoms in total. The Morgan fingerprint density at radius 3 is 2.73 bits per heavy atom. The number of ether oxygens (including phenoxy) is 1. The van der Waals surface area contributed by atoms with Crippen LogP contribution in [0.5, 0.6) is 5.88 Å². The Kier molecular flexibility index (Phi) is 9.05. The molecule has 0 atom stereocenters. The SMILES string of the molecule is CN=C(NCc1ccnc(OC2CCCC2)c1)NC1CCN(c2cccs2)CC1.I. The molecule has 8 heteroatoms. The highest BCUT2D eigenvalue weighted by molar-refractivity contribution is 14.0. The summed E-state index contributed by atoms with van der Waals surface area (Å²) >= 11 is 1.82. The number of thiophene rings is 1. The molecule has 0 radical (unpaired) electrons. The van der Waals surface area contributed by atoms with E-state index in [0.29, 0.717) is 18.7 Å². The summed E-state index contributed by atoms with van der Waals surface area (Å²) in [4.78, 5) is 11.3. The van der Waals surface area contributed by atoms with E-state index in [-0.39, 0.29) is 24.0 Å². The normalized spacial score (nSPS) is 18.2. The van der Waals surface area contributed by atoms with Gasteiger partial charge in [0, 0.05) is 45.0 Å². The number of guanidine groups is 1. The van der Waals surface area contributed by atoms with E-state index in [2.05, 4.69) is 43.0 Å². The molecule has 2 aliphatic rings. The van der Waals surface area contributed by atoms with E-state index < -0.39 is 0 Å². The van der Waals surface area contributed by atoms with Crippen molar-refractivity contribution in [1.82, 2.24) is 15.6 Å². The molecule has 2 aromatic rings. The van der Waals surface area contributed by atoms with Gasteiger partial charge in [-0.15, -0.1) is 35.3 Å². The van der Waals surface area contributed by atoms with Crippen molar-refractivity contribution in [2.45, 2.75) is 57.2 Å². The zero-order valence-corrected chi connectivity index (χ0v) is 20.7. The van der Waals surface area contributed by atoms with Gasteiger partial charge in [0.15, 0.2) is 5.96 Å². The molecular formula is C22H32IN5OS. The van der Waals surface area contributed by atoms with Crippen LogP contribution in [0.2, 0.25) is 0 Å². The molecule has 2 N–H and O–H groups in total. The number of pyridine rings is 1. The number of hydrogen-bond donors (Lipinski definition) is 2. The summed E-state index contributed by atoms with van der Waals surface area (Å²) < 4.78 is 6.02. The van der Waals surface area contributed by atoms with Crippen molar-refractivity contribution in [2.24, 2.45) is 4.99 Å². The molecule has 30 heavy (non-hydrogen) atoms. The lowest BCUT2D eigenvalue weighted by Crippen LogP contribution is -2.48. The molecule has 164 valence electrons. The van der Waals surface area contributed by atoms with Gasteiger partial charge in [-0.3, -0.25) is 4.99 Å².